The van der Waals surface area contributed by atoms with Gasteiger partial charge in [0.2, 0.25) is 11.0 Å². The van der Waals surface area contributed by atoms with Gasteiger partial charge in [0.15, 0.2) is 0 Å². The number of nitrogens with zero attached hydrogens (tertiary/aromatic N) is 6. The van der Waals surface area contributed by atoms with Crippen molar-refractivity contribution in [2.75, 3.05) is 0 Å². The molecule has 4 rings (SSSR count). The van der Waals surface area contributed by atoms with Crippen LogP contribution in [-0.2, 0) is 0 Å². The van der Waals surface area contributed by atoms with Crippen LogP contribution in [0.15, 0.2) is 51.4 Å². The molecule has 0 saturated heterocycles. The average molecular weight is 399 g/mol. The van der Waals surface area contributed by atoms with Crippen LogP contribution in [-0.4, -0.2) is 30.4 Å². The Morgan fingerprint density at radius 1 is 1.04 bits per heavy atom. The molecule has 138 valence electrons. The normalized spacial score (nSPS) is 12.6. The molecule has 7 nitrogen and oxygen atoms in total. The van der Waals surface area contributed by atoms with Gasteiger partial charge in [-0.1, -0.05) is 43.8 Å². The van der Waals surface area contributed by atoms with Gasteiger partial charge in [0.05, 0.1) is 15.8 Å². The molecule has 0 amide bonds. The highest BCUT2D eigenvalue weighted by atomic mass is 32.2. The lowest BCUT2D eigenvalue weighted by atomic mass is 10.0. The van der Waals surface area contributed by atoms with E-state index in [1.807, 2.05) is 36.6 Å². The molecule has 1 atom stereocenters. The Kier molecular flexibility index (Phi) is 5.04. The first kappa shape index (κ1) is 17.9. The summed E-state index contributed by atoms with van der Waals surface area (Å²) < 4.78 is 7.54. The lowest BCUT2D eigenvalue weighted by Gasteiger charge is -2.09. The highest BCUT2D eigenvalue weighted by Crippen LogP contribution is 2.35. The molecule has 0 bridgehead atoms. The number of aromatic nitrogens is 6. The van der Waals surface area contributed by atoms with Crippen LogP contribution in [0.25, 0.3) is 16.5 Å². The molecule has 0 saturated carbocycles. The molecule has 0 spiro atoms. The minimum atomic E-state index is -0.0779. The van der Waals surface area contributed by atoms with E-state index in [0.29, 0.717) is 22.9 Å². The van der Waals surface area contributed by atoms with Crippen molar-refractivity contribution in [3.63, 3.8) is 0 Å². The molecule has 4 aromatic rings. The molecule has 0 aliphatic heterocycles. The van der Waals surface area contributed by atoms with Crippen LogP contribution < -0.4 is 0 Å². The summed E-state index contributed by atoms with van der Waals surface area (Å²) in [6.07, 6.45) is 0. The molecule has 0 aliphatic carbocycles. The van der Waals surface area contributed by atoms with Crippen LogP contribution in [0.4, 0.5) is 0 Å². The van der Waals surface area contributed by atoms with Crippen molar-refractivity contribution >= 4 is 23.1 Å². The van der Waals surface area contributed by atoms with Crippen molar-refractivity contribution in [3.8, 4) is 16.5 Å². The van der Waals surface area contributed by atoms with Gasteiger partial charge in [-0.15, -0.1) is 26.6 Å². The first-order valence-corrected chi connectivity index (χ1v) is 10.3. The zero-order valence-electron chi connectivity index (χ0n) is 15.1. The summed E-state index contributed by atoms with van der Waals surface area (Å²) in [4.78, 5) is 0.959. The van der Waals surface area contributed by atoms with Crippen molar-refractivity contribution in [2.45, 2.75) is 37.1 Å². The second-order valence-corrected chi connectivity index (χ2v) is 8.56. The molecule has 0 N–H and O–H groups in total. The van der Waals surface area contributed by atoms with Crippen molar-refractivity contribution in [1.82, 2.24) is 30.4 Å². The van der Waals surface area contributed by atoms with Gasteiger partial charge in [0, 0.05) is 0 Å². The maximum absolute atomic E-state index is 5.82. The van der Waals surface area contributed by atoms with Crippen LogP contribution >= 0.6 is 23.1 Å². The predicted molar refractivity (Wildman–Crippen MR) is 105 cm³/mol. The van der Waals surface area contributed by atoms with Gasteiger partial charge in [0.1, 0.15) is 0 Å². The lowest BCUT2D eigenvalue weighted by Crippen LogP contribution is -2.01. The summed E-state index contributed by atoms with van der Waals surface area (Å²) in [6.45, 7) is 6.34. The van der Waals surface area contributed by atoms with Crippen LogP contribution in [0.1, 0.15) is 43.4 Å². The highest BCUT2D eigenvalue weighted by molar-refractivity contribution is 7.99. The van der Waals surface area contributed by atoms with Gasteiger partial charge in [-0.25, -0.2) is 0 Å². The van der Waals surface area contributed by atoms with Gasteiger partial charge in [-0.3, -0.25) is 0 Å². The molecular weight excluding hydrogens is 380 g/mol. The van der Waals surface area contributed by atoms with Crippen LogP contribution in [0.2, 0.25) is 0 Å². The Morgan fingerprint density at radius 2 is 1.85 bits per heavy atom. The standard InChI is InChI=1S/C18H18N6OS2/c1-11(2)13-6-8-14(9-7-13)24-18(21-22-23-24)27-12(3)16-19-20-17(25-16)15-5-4-10-26-15/h4-12H,1-3H3/t12-/m1/s1. The third kappa shape index (κ3) is 3.79. The van der Waals surface area contributed by atoms with Crippen molar-refractivity contribution in [3.05, 3.63) is 53.2 Å². The minimum absolute atomic E-state index is 0.0779. The van der Waals surface area contributed by atoms with Gasteiger partial charge in [-0.05, 0) is 52.4 Å². The maximum atomic E-state index is 5.82. The number of thiophene rings is 1. The number of rotatable bonds is 6. The van der Waals surface area contributed by atoms with E-state index in [4.69, 9.17) is 4.42 Å². The van der Waals surface area contributed by atoms with E-state index in [9.17, 15) is 0 Å². The average Bonchev–Trinajstić information content (AvgIpc) is 3.42. The topological polar surface area (TPSA) is 82.5 Å². The van der Waals surface area contributed by atoms with E-state index in [1.165, 1.54) is 17.3 Å². The quantitative estimate of drug-likeness (QED) is 0.433. The van der Waals surface area contributed by atoms with E-state index in [0.717, 1.165) is 10.6 Å². The Morgan fingerprint density at radius 3 is 2.56 bits per heavy atom. The number of thioether (sulfide) groups is 1. The third-order valence-corrected chi connectivity index (χ3v) is 5.93. The molecular formula is C18H18N6OS2. The number of hydrogen-bond donors (Lipinski definition) is 0. The molecule has 0 fully saturated rings. The number of benzene rings is 1. The molecule has 0 aliphatic rings. The molecule has 0 unspecified atom stereocenters. The summed E-state index contributed by atoms with van der Waals surface area (Å²) in [6, 6.07) is 12.2. The Hall–Kier alpha value is -2.52. The Bertz CT molecular complexity index is 1010. The minimum Gasteiger partial charge on any atom is -0.419 e. The second-order valence-electron chi connectivity index (χ2n) is 6.30. The fraction of sp³-hybridized carbons (Fsp3) is 0.278. The third-order valence-electron chi connectivity index (χ3n) is 4.05. The van der Waals surface area contributed by atoms with Crippen molar-refractivity contribution in [2.24, 2.45) is 0 Å². The van der Waals surface area contributed by atoms with E-state index in [2.05, 4.69) is 51.7 Å². The van der Waals surface area contributed by atoms with Crippen LogP contribution in [0.3, 0.4) is 0 Å². The van der Waals surface area contributed by atoms with E-state index in [1.54, 1.807) is 16.0 Å². The van der Waals surface area contributed by atoms with E-state index >= 15 is 0 Å². The Balaban J connectivity index is 1.53. The fourth-order valence-electron chi connectivity index (χ4n) is 2.52. The summed E-state index contributed by atoms with van der Waals surface area (Å²) in [5.74, 6) is 1.57. The fourth-order valence-corrected chi connectivity index (χ4v) is 4.00. The summed E-state index contributed by atoms with van der Waals surface area (Å²) in [5, 5.41) is 23.0. The first-order valence-electron chi connectivity index (χ1n) is 8.54. The van der Waals surface area contributed by atoms with Crippen LogP contribution in [0, 0.1) is 0 Å². The SMILES string of the molecule is CC(C)c1ccc(-n2nnnc2S[C@H](C)c2nnc(-c3cccs3)o2)cc1. The molecule has 27 heavy (non-hydrogen) atoms. The van der Waals surface area contributed by atoms with Crippen molar-refractivity contribution in [1.29, 1.82) is 0 Å². The number of tetrazole rings is 1. The second kappa shape index (κ2) is 7.61. The molecule has 9 heteroatoms. The smallest absolute Gasteiger partial charge is 0.257 e. The monoisotopic (exact) mass is 398 g/mol. The zero-order chi connectivity index (χ0) is 18.8. The van der Waals surface area contributed by atoms with Crippen molar-refractivity contribution < 1.29 is 4.42 Å². The molecule has 3 heterocycles. The zero-order valence-corrected chi connectivity index (χ0v) is 16.7. The van der Waals surface area contributed by atoms with E-state index in [-0.39, 0.29) is 5.25 Å². The largest absolute Gasteiger partial charge is 0.419 e. The Labute approximate surface area is 164 Å². The van der Waals surface area contributed by atoms with Gasteiger partial charge in [0.25, 0.3) is 5.89 Å². The maximum Gasteiger partial charge on any atom is 0.257 e. The van der Waals surface area contributed by atoms with E-state index < -0.39 is 0 Å². The van der Waals surface area contributed by atoms with Gasteiger partial charge in [-0.2, -0.15) is 4.68 Å². The predicted octanol–water partition coefficient (Wildman–Crippen LogP) is 4.75. The summed E-state index contributed by atoms with van der Waals surface area (Å²) in [5.41, 5.74) is 2.20. The highest BCUT2D eigenvalue weighted by Gasteiger charge is 2.20. The molecule has 0 radical (unpaired) electrons. The molecule has 1 aromatic carbocycles. The number of hydrogen-bond acceptors (Lipinski definition) is 8. The summed E-state index contributed by atoms with van der Waals surface area (Å²) >= 11 is 3.05. The van der Waals surface area contributed by atoms with Gasteiger partial charge >= 0.3 is 0 Å². The van der Waals surface area contributed by atoms with Gasteiger partial charge < -0.3 is 4.42 Å². The summed E-state index contributed by atoms with van der Waals surface area (Å²) in [7, 11) is 0. The van der Waals surface area contributed by atoms with Crippen LogP contribution in [0.5, 0.6) is 0 Å². The first-order chi connectivity index (χ1) is 13.1. The molecule has 3 aromatic heterocycles. The lowest BCUT2D eigenvalue weighted by molar-refractivity contribution is 0.510.